The van der Waals surface area contributed by atoms with Gasteiger partial charge >= 0.3 is 197 Å². The molecule has 6 aromatic carbocycles. The molecule has 0 unspecified atom stereocenters. The van der Waals surface area contributed by atoms with E-state index >= 15 is 0 Å². The average molecular weight is 653 g/mol. The Morgan fingerprint density at radius 2 is 0.686 bits per heavy atom. The number of rotatable bonds is 3. The van der Waals surface area contributed by atoms with Crippen LogP contribution in [0.15, 0.2) is 127 Å². The van der Waals surface area contributed by atoms with Crippen molar-refractivity contribution in [1.29, 1.82) is 0 Å². The van der Waals surface area contributed by atoms with E-state index in [1.807, 2.05) is 0 Å². The first-order chi connectivity index (χ1) is 17.1. The summed E-state index contributed by atoms with van der Waals surface area (Å²) in [5.74, 6) is 0. The third-order valence-corrected chi connectivity index (χ3v) is 16.2. The Morgan fingerprint density at radius 1 is 0.429 bits per heavy atom. The van der Waals surface area contributed by atoms with Crippen LogP contribution in [0.5, 0.6) is 0 Å². The Bertz CT molecular complexity index is 1450. The number of carboxylic acid groups (broad SMARTS) is 2. The Labute approximate surface area is 211 Å². The maximum atomic E-state index is 8.56. The first kappa shape index (κ1) is 23.0. The summed E-state index contributed by atoms with van der Waals surface area (Å²) in [5, 5.41) is 22.2. The van der Waals surface area contributed by atoms with E-state index in [4.69, 9.17) is 15.0 Å². The second-order valence-electron chi connectivity index (χ2n) is 8.11. The van der Waals surface area contributed by atoms with E-state index in [0.717, 1.165) is 0 Å². The zero-order valence-corrected chi connectivity index (χ0v) is 22.4. The molecule has 0 atom stereocenters. The molecular weight excluding hydrogens is 629 g/mol. The quantitative estimate of drug-likeness (QED) is 0.235. The maximum absolute atomic E-state index is 8.56. The number of benzene rings is 6. The molecule has 0 heterocycles. The van der Waals surface area contributed by atoms with E-state index in [1.54, 1.807) is 9.81 Å². The van der Waals surface area contributed by atoms with Gasteiger partial charge in [0.2, 0.25) is 0 Å². The fraction of sp³-hybridized carbons (Fsp3) is 0. The normalized spacial score (nSPS) is 10.9. The summed E-state index contributed by atoms with van der Waals surface area (Å²) in [6, 6.07) is 47.3. The Morgan fingerprint density at radius 3 is 1.00 bits per heavy atom. The minimum absolute atomic E-state index is 1.33. The molecule has 3 nitrogen and oxygen atoms in total. The molecule has 6 rings (SSSR count). The van der Waals surface area contributed by atoms with E-state index in [9.17, 15) is 0 Å². The van der Waals surface area contributed by atoms with E-state index in [-0.39, 0.29) is 0 Å². The van der Waals surface area contributed by atoms with Crippen molar-refractivity contribution in [2.24, 2.45) is 0 Å². The molecule has 35 heavy (non-hydrogen) atoms. The Hall–Kier alpha value is -3.75. The van der Waals surface area contributed by atoms with Crippen molar-refractivity contribution in [3.05, 3.63) is 127 Å². The molecule has 170 valence electrons. The van der Waals surface area contributed by atoms with Gasteiger partial charge in [0, 0.05) is 0 Å². The summed E-state index contributed by atoms with van der Waals surface area (Å²) in [7, 11) is 0. The molecule has 2 N–H and O–H groups in total. The molecule has 0 saturated carbocycles. The van der Waals surface area contributed by atoms with Gasteiger partial charge in [-0.2, -0.15) is 0 Å². The van der Waals surface area contributed by atoms with Gasteiger partial charge in [-0.15, -0.1) is 0 Å². The van der Waals surface area contributed by atoms with Crippen molar-refractivity contribution in [3.8, 4) is 0 Å². The molecule has 0 amide bonds. The zero-order valence-electron chi connectivity index (χ0n) is 18.9. The van der Waals surface area contributed by atoms with Gasteiger partial charge in [-0.25, -0.2) is 4.79 Å². The van der Waals surface area contributed by atoms with Crippen LogP contribution >= 0.6 is 0 Å². The van der Waals surface area contributed by atoms with Gasteiger partial charge in [-0.1, -0.05) is 0 Å². The molecule has 0 radical (unpaired) electrons. The molecule has 0 aliphatic carbocycles. The number of carbonyl (C=O) groups is 1. The van der Waals surface area contributed by atoms with Gasteiger partial charge in [-0.3, -0.25) is 0 Å². The van der Waals surface area contributed by atoms with Gasteiger partial charge in [0.15, 0.2) is 0 Å². The minimum atomic E-state index is -2.65. The van der Waals surface area contributed by atoms with Gasteiger partial charge in [0.05, 0.1) is 0 Å². The summed E-state index contributed by atoms with van der Waals surface area (Å²) in [6.07, 6.45) is -1.83. The molecule has 0 saturated heterocycles. The Balaban J connectivity index is 0.000000591. The Kier molecular flexibility index (Phi) is 6.74. The van der Waals surface area contributed by atoms with Crippen LogP contribution in [0, 0.1) is 0 Å². The SMILES string of the molecule is O=C(O)O.c1ccc2[c]([Bi]([c]3cccc4ccccc34)[c]3cccc4ccccc34)cccc2c1. The van der Waals surface area contributed by atoms with Crippen LogP contribution in [0.1, 0.15) is 0 Å². The number of hydrogen-bond donors (Lipinski definition) is 2. The standard InChI is InChI=1S/3C10H7.CH2O3.Bi/c3*1-2-6-10-8-4-3-7-9(10)5-1;2-1(3)4;/h3*1-7H;(H2,2,3,4);. The van der Waals surface area contributed by atoms with Crippen molar-refractivity contribution in [3.63, 3.8) is 0 Å². The van der Waals surface area contributed by atoms with Crippen molar-refractivity contribution >= 4 is 70.0 Å². The number of hydrogen-bond acceptors (Lipinski definition) is 1. The van der Waals surface area contributed by atoms with Crippen LogP contribution in [0.3, 0.4) is 0 Å². The van der Waals surface area contributed by atoms with E-state index < -0.39 is 27.9 Å². The second kappa shape index (κ2) is 10.3. The molecule has 0 fully saturated rings. The van der Waals surface area contributed by atoms with Gasteiger partial charge in [0.1, 0.15) is 0 Å². The topological polar surface area (TPSA) is 57.5 Å². The third kappa shape index (κ3) is 4.76. The average Bonchev–Trinajstić information content (AvgIpc) is 2.89. The van der Waals surface area contributed by atoms with Crippen LogP contribution < -0.4 is 9.81 Å². The summed E-state index contributed by atoms with van der Waals surface area (Å²) >= 11 is -2.65. The van der Waals surface area contributed by atoms with Crippen LogP contribution in [0.25, 0.3) is 32.3 Å². The van der Waals surface area contributed by atoms with Crippen LogP contribution in [0.2, 0.25) is 0 Å². The van der Waals surface area contributed by atoms with Crippen molar-refractivity contribution in [2.45, 2.75) is 0 Å². The van der Waals surface area contributed by atoms with Crippen LogP contribution in [0.4, 0.5) is 4.79 Å². The van der Waals surface area contributed by atoms with Crippen LogP contribution in [-0.2, 0) is 0 Å². The molecule has 0 aromatic heterocycles. The molecular formula is C31H23BiO3. The molecule has 6 aromatic rings. The molecule has 0 aliphatic heterocycles. The first-order valence-corrected chi connectivity index (χ1v) is 16.5. The van der Waals surface area contributed by atoms with Crippen molar-refractivity contribution in [1.82, 2.24) is 0 Å². The summed E-state index contributed by atoms with van der Waals surface area (Å²) < 4.78 is 4.67. The molecule has 0 spiro atoms. The second-order valence-corrected chi connectivity index (χ2v) is 16.3. The summed E-state index contributed by atoms with van der Waals surface area (Å²) in [6.45, 7) is 0. The summed E-state index contributed by atoms with van der Waals surface area (Å²) in [5.41, 5.74) is 0. The summed E-state index contributed by atoms with van der Waals surface area (Å²) in [4.78, 5) is 8.56. The third-order valence-electron chi connectivity index (χ3n) is 6.02. The van der Waals surface area contributed by atoms with Crippen molar-refractivity contribution < 1.29 is 15.0 Å². The van der Waals surface area contributed by atoms with Crippen molar-refractivity contribution in [2.75, 3.05) is 0 Å². The van der Waals surface area contributed by atoms with Gasteiger partial charge < -0.3 is 10.2 Å². The van der Waals surface area contributed by atoms with E-state index in [1.165, 1.54) is 32.3 Å². The zero-order chi connectivity index (χ0) is 24.2. The molecule has 4 heteroatoms. The van der Waals surface area contributed by atoms with Crippen LogP contribution in [-0.4, -0.2) is 38.1 Å². The monoisotopic (exact) mass is 652 g/mol. The fourth-order valence-corrected chi connectivity index (χ4v) is 15.6. The van der Waals surface area contributed by atoms with Gasteiger partial charge in [-0.05, 0) is 0 Å². The predicted octanol–water partition coefficient (Wildman–Crippen LogP) is 5.88. The molecule has 0 bridgehead atoms. The van der Waals surface area contributed by atoms with Gasteiger partial charge in [0.25, 0.3) is 0 Å². The van der Waals surface area contributed by atoms with E-state index in [0.29, 0.717) is 0 Å². The fourth-order valence-electron chi connectivity index (χ4n) is 4.60. The predicted molar refractivity (Wildman–Crippen MR) is 147 cm³/mol. The van der Waals surface area contributed by atoms with E-state index in [2.05, 4.69) is 127 Å². The first-order valence-electron chi connectivity index (χ1n) is 11.3. The number of fused-ring (bicyclic) bond motifs is 3. The molecule has 0 aliphatic rings.